The molecule has 134 valence electrons. The van der Waals surface area contributed by atoms with E-state index in [2.05, 4.69) is 4.98 Å². The van der Waals surface area contributed by atoms with Gasteiger partial charge < -0.3 is 4.74 Å². The number of ether oxygens (including phenoxy) is 1. The molecule has 2 heterocycles. The van der Waals surface area contributed by atoms with Crippen molar-refractivity contribution in [2.45, 2.75) is 37.7 Å². The molecule has 1 aromatic heterocycles. The molecule has 0 amide bonds. The van der Waals surface area contributed by atoms with E-state index in [9.17, 15) is 13.0 Å². The summed E-state index contributed by atoms with van der Waals surface area (Å²) in [6.07, 6.45) is 3.06. The van der Waals surface area contributed by atoms with Crippen LogP contribution >= 0.6 is 0 Å². The Morgan fingerprint density at radius 2 is 1.96 bits per heavy atom. The first-order valence-electron chi connectivity index (χ1n) is 8.47. The Hall–Kier alpha value is -2.44. The molecule has 1 aliphatic rings. The summed E-state index contributed by atoms with van der Waals surface area (Å²) in [5.74, 6) is 0.808. The van der Waals surface area contributed by atoms with Gasteiger partial charge in [0.05, 0.1) is 10.4 Å². The van der Waals surface area contributed by atoms with E-state index in [0.29, 0.717) is 5.56 Å². The molecule has 1 unspecified atom stereocenters. The van der Waals surface area contributed by atoms with Gasteiger partial charge in [0.25, 0.3) is 10.1 Å². The first kappa shape index (κ1) is 17.0. The Kier molecular flexibility index (Phi) is 3.97. The zero-order valence-corrected chi connectivity index (χ0v) is 15.4. The van der Waals surface area contributed by atoms with Gasteiger partial charge in [-0.05, 0) is 73.2 Å². The van der Waals surface area contributed by atoms with Gasteiger partial charge in [-0.25, -0.2) is 0 Å². The van der Waals surface area contributed by atoms with Crippen molar-refractivity contribution < 1.29 is 17.7 Å². The molecule has 0 spiro atoms. The highest BCUT2D eigenvalue weighted by Gasteiger charge is 2.28. The summed E-state index contributed by atoms with van der Waals surface area (Å²) in [6.45, 7) is 3.65. The Labute approximate surface area is 152 Å². The molecular weight excluding hydrogens is 350 g/mol. The second kappa shape index (κ2) is 6.07. The van der Waals surface area contributed by atoms with Crippen LogP contribution in [0.2, 0.25) is 0 Å². The van der Waals surface area contributed by atoms with Crippen LogP contribution in [0.15, 0.2) is 47.5 Å². The topological polar surface area (TPSA) is 76.5 Å². The second-order valence-electron chi connectivity index (χ2n) is 6.66. The SMILES string of the molecule is Cc1ccc(S(=O)(=O)O)c(C)c1C1CCc2ccc3ncccc3c2O1. The van der Waals surface area contributed by atoms with Crippen LogP contribution in [-0.2, 0) is 16.5 Å². The Morgan fingerprint density at radius 3 is 2.73 bits per heavy atom. The Bertz CT molecular complexity index is 1120. The van der Waals surface area contributed by atoms with Crippen LogP contribution in [-0.4, -0.2) is 18.0 Å². The molecule has 0 saturated heterocycles. The van der Waals surface area contributed by atoms with Gasteiger partial charge in [-0.3, -0.25) is 9.54 Å². The lowest BCUT2D eigenvalue weighted by Crippen LogP contribution is -2.18. The van der Waals surface area contributed by atoms with Gasteiger partial charge in [0, 0.05) is 11.6 Å². The van der Waals surface area contributed by atoms with Gasteiger partial charge in [0.1, 0.15) is 11.9 Å². The van der Waals surface area contributed by atoms with Gasteiger partial charge in [-0.2, -0.15) is 8.42 Å². The Balaban J connectivity index is 1.84. The number of aromatic nitrogens is 1. The number of aryl methyl sites for hydroxylation is 2. The lowest BCUT2D eigenvalue weighted by molar-refractivity contribution is 0.178. The summed E-state index contributed by atoms with van der Waals surface area (Å²) in [4.78, 5) is 4.31. The number of fused-ring (bicyclic) bond motifs is 3. The summed E-state index contributed by atoms with van der Waals surface area (Å²) in [7, 11) is -4.27. The van der Waals surface area contributed by atoms with Gasteiger partial charge in [-0.1, -0.05) is 12.1 Å². The van der Waals surface area contributed by atoms with Crippen molar-refractivity contribution in [2.75, 3.05) is 0 Å². The average molecular weight is 369 g/mol. The smallest absolute Gasteiger partial charge is 0.294 e. The van der Waals surface area contributed by atoms with E-state index in [1.54, 1.807) is 19.2 Å². The third-order valence-corrected chi connectivity index (χ3v) is 6.03. The van der Waals surface area contributed by atoms with Crippen LogP contribution in [0.5, 0.6) is 5.75 Å². The molecule has 0 bridgehead atoms. The van der Waals surface area contributed by atoms with Gasteiger partial charge in [0.2, 0.25) is 0 Å². The molecule has 0 radical (unpaired) electrons. The molecule has 1 atom stereocenters. The summed E-state index contributed by atoms with van der Waals surface area (Å²) in [5.41, 5.74) is 4.31. The molecular formula is C20H19NO4S. The molecule has 0 fully saturated rings. The molecule has 2 aromatic carbocycles. The van der Waals surface area contributed by atoms with Crippen LogP contribution < -0.4 is 4.74 Å². The fourth-order valence-corrected chi connectivity index (χ4v) is 4.55. The summed E-state index contributed by atoms with van der Waals surface area (Å²) >= 11 is 0. The minimum absolute atomic E-state index is 0.0629. The monoisotopic (exact) mass is 369 g/mol. The van der Waals surface area contributed by atoms with E-state index in [4.69, 9.17) is 4.74 Å². The van der Waals surface area contributed by atoms with Crippen molar-refractivity contribution >= 4 is 21.0 Å². The standard InChI is InChI=1S/C20H19NO4S/c1-12-5-10-18(26(22,23)24)13(2)19(12)17-9-7-14-6-8-16-15(20(14)25-17)4-3-11-21-16/h3-6,8,10-11,17H,7,9H2,1-2H3,(H,22,23,24). The summed E-state index contributed by atoms with van der Waals surface area (Å²) < 4.78 is 39.2. The van der Waals surface area contributed by atoms with E-state index < -0.39 is 10.1 Å². The number of benzene rings is 2. The fourth-order valence-electron chi connectivity index (χ4n) is 3.82. The number of rotatable bonds is 2. The predicted molar refractivity (Wildman–Crippen MR) is 99.2 cm³/mol. The Morgan fingerprint density at radius 1 is 1.15 bits per heavy atom. The quantitative estimate of drug-likeness (QED) is 0.686. The average Bonchev–Trinajstić information content (AvgIpc) is 2.60. The van der Waals surface area contributed by atoms with Crippen LogP contribution in [0, 0.1) is 13.8 Å². The van der Waals surface area contributed by atoms with Gasteiger partial charge in [-0.15, -0.1) is 0 Å². The zero-order chi connectivity index (χ0) is 18.5. The molecule has 0 aliphatic carbocycles. The molecule has 4 rings (SSSR count). The van der Waals surface area contributed by atoms with Gasteiger partial charge in [0.15, 0.2) is 0 Å². The van der Waals surface area contributed by atoms with Crippen molar-refractivity contribution in [3.8, 4) is 5.75 Å². The lowest BCUT2D eigenvalue weighted by Gasteiger charge is -2.30. The van der Waals surface area contributed by atoms with Crippen LogP contribution in [0.25, 0.3) is 10.9 Å². The van der Waals surface area contributed by atoms with E-state index in [-0.39, 0.29) is 11.0 Å². The van der Waals surface area contributed by atoms with Gasteiger partial charge >= 0.3 is 0 Å². The molecule has 6 heteroatoms. The normalized spacial score (nSPS) is 17.0. The number of nitrogens with zero attached hydrogens (tertiary/aromatic N) is 1. The first-order chi connectivity index (χ1) is 12.4. The maximum absolute atomic E-state index is 11.7. The number of hydrogen-bond acceptors (Lipinski definition) is 4. The minimum atomic E-state index is -4.27. The summed E-state index contributed by atoms with van der Waals surface area (Å²) in [5, 5.41) is 0.955. The minimum Gasteiger partial charge on any atom is -0.485 e. The second-order valence-corrected chi connectivity index (χ2v) is 8.05. The molecule has 1 N–H and O–H groups in total. The maximum Gasteiger partial charge on any atom is 0.294 e. The van der Waals surface area contributed by atoms with E-state index in [1.165, 1.54) is 6.07 Å². The number of hydrogen-bond donors (Lipinski definition) is 1. The van der Waals surface area contributed by atoms with Crippen molar-refractivity contribution in [1.82, 2.24) is 4.98 Å². The van der Waals surface area contributed by atoms with Crippen LogP contribution in [0.1, 0.15) is 34.8 Å². The van der Waals surface area contributed by atoms with Crippen molar-refractivity contribution in [3.05, 3.63) is 64.8 Å². The van der Waals surface area contributed by atoms with Crippen molar-refractivity contribution in [1.29, 1.82) is 0 Å². The summed E-state index contributed by atoms with van der Waals surface area (Å²) in [6, 6.07) is 11.1. The highest BCUT2D eigenvalue weighted by Crippen LogP contribution is 2.41. The van der Waals surface area contributed by atoms with Crippen LogP contribution in [0.3, 0.4) is 0 Å². The highest BCUT2D eigenvalue weighted by molar-refractivity contribution is 7.85. The van der Waals surface area contributed by atoms with Crippen LogP contribution in [0.4, 0.5) is 0 Å². The fraction of sp³-hybridized carbons (Fsp3) is 0.250. The van der Waals surface area contributed by atoms with Crippen molar-refractivity contribution in [2.24, 2.45) is 0 Å². The molecule has 26 heavy (non-hydrogen) atoms. The van der Waals surface area contributed by atoms with E-state index in [1.807, 2.05) is 31.2 Å². The highest BCUT2D eigenvalue weighted by atomic mass is 32.2. The third-order valence-electron chi connectivity index (χ3n) is 5.04. The molecule has 3 aromatic rings. The van der Waals surface area contributed by atoms with Crippen molar-refractivity contribution in [3.63, 3.8) is 0 Å². The molecule has 5 nitrogen and oxygen atoms in total. The van der Waals surface area contributed by atoms with E-state index in [0.717, 1.165) is 46.2 Å². The largest absolute Gasteiger partial charge is 0.485 e. The molecule has 1 aliphatic heterocycles. The molecule has 0 saturated carbocycles. The number of pyridine rings is 1. The van der Waals surface area contributed by atoms with E-state index >= 15 is 0 Å². The maximum atomic E-state index is 11.7. The third kappa shape index (κ3) is 2.75. The first-order valence-corrected chi connectivity index (χ1v) is 9.91. The predicted octanol–water partition coefficient (Wildman–Crippen LogP) is 4.16. The zero-order valence-electron chi connectivity index (χ0n) is 14.6. The lowest BCUT2D eigenvalue weighted by atomic mass is 9.91.